The number of para-hydroxylation sites is 1. The molecular weight excluding hydrogens is 272 g/mol. The smallest absolute Gasteiger partial charge is 0.372 e. The third-order valence-electron chi connectivity index (χ3n) is 3.52. The Balaban J connectivity index is 1.99. The van der Waals surface area contributed by atoms with Gasteiger partial charge in [-0.05, 0) is 17.7 Å². The summed E-state index contributed by atoms with van der Waals surface area (Å²) in [5.41, 5.74) is 2.30. The molecule has 0 saturated carbocycles. The average molecular weight is 286 g/mol. The Morgan fingerprint density at radius 1 is 1.33 bits per heavy atom. The summed E-state index contributed by atoms with van der Waals surface area (Å²) in [4.78, 5) is 26.6. The molecule has 108 valence electrons. The zero-order valence-corrected chi connectivity index (χ0v) is 11.4. The first-order valence-electron chi connectivity index (χ1n) is 6.48. The Kier molecular flexibility index (Phi) is 3.13. The minimum absolute atomic E-state index is 0.131. The molecule has 0 unspecified atom stereocenters. The first kappa shape index (κ1) is 13.2. The van der Waals surface area contributed by atoms with Gasteiger partial charge in [-0.1, -0.05) is 18.2 Å². The molecule has 2 heterocycles. The quantitative estimate of drug-likeness (QED) is 0.941. The fourth-order valence-corrected chi connectivity index (χ4v) is 2.51. The largest absolute Gasteiger partial charge is 0.475 e. The number of carbonyl (C=O) groups is 2. The molecule has 0 saturated heterocycles. The van der Waals surface area contributed by atoms with E-state index >= 15 is 0 Å². The van der Waals surface area contributed by atoms with E-state index in [1.165, 1.54) is 6.26 Å². The number of amides is 2. The third-order valence-corrected chi connectivity index (χ3v) is 3.52. The summed E-state index contributed by atoms with van der Waals surface area (Å²) in [6, 6.07) is 9.01. The van der Waals surface area contributed by atoms with Crippen molar-refractivity contribution >= 4 is 17.7 Å². The van der Waals surface area contributed by atoms with Crippen molar-refractivity contribution in [2.24, 2.45) is 0 Å². The summed E-state index contributed by atoms with van der Waals surface area (Å²) in [7, 11) is 1.72. The van der Waals surface area contributed by atoms with E-state index in [4.69, 9.17) is 9.52 Å². The molecule has 1 aliphatic heterocycles. The second-order valence-corrected chi connectivity index (χ2v) is 4.93. The van der Waals surface area contributed by atoms with Crippen LogP contribution >= 0.6 is 0 Å². The minimum atomic E-state index is -1.14. The van der Waals surface area contributed by atoms with Crippen LogP contribution in [0.4, 0.5) is 10.5 Å². The van der Waals surface area contributed by atoms with Gasteiger partial charge in [0.15, 0.2) is 0 Å². The second-order valence-electron chi connectivity index (χ2n) is 4.93. The molecule has 1 aromatic heterocycles. The van der Waals surface area contributed by atoms with Crippen molar-refractivity contribution in [3.8, 4) is 0 Å². The van der Waals surface area contributed by atoms with Gasteiger partial charge < -0.3 is 14.4 Å². The summed E-state index contributed by atoms with van der Waals surface area (Å²) in [6.45, 7) is 0.709. The van der Waals surface area contributed by atoms with E-state index in [0.29, 0.717) is 12.1 Å². The van der Waals surface area contributed by atoms with Gasteiger partial charge in [-0.3, -0.25) is 4.90 Å². The molecule has 0 radical (unpaired) electrons. The molecule has 6 nitrogen and oxygen atoms in total. The van der Waals surface area contributed by atoms with Crippen LogP contribution in [0, 0.1) is 0 Å². The van der Waals surface area contributed by atoms with Gasteiger partial charge in [0.2, 0.25) is 5.76 Å². The van der Waals surface area contributed by atoms with Crippen molar-refractivity contribution in [3.63, 3.8) is 0 Å². The van der Waals surface area contributed by atoms with Gasteiger partial charge in [0.05, 0.1) is 18.5 Å². The molecule has 3 rings (SSSR count). The Bertz CT molecular complexity index is 707. The Morgan fingerprint density at radius 3 is 2.86 bits per heavy atom. The van der Waals surface area contributed by atoms with Gasteiger partial charge in [-0.15, -0.1) is 0 Å². The Morgan fingerprint density at radius 2 is 2.10 bits per heavy atom. The van der Waals surface area contributed by atoms with E-state index in [1.54, 1.807) is 22.9 Å². The fourth-order valence-electron chi connectivity index (χ4n) is 2.51. The maximum Gasteiger partial charge on any atom is 0.372 e. The number of carboxylic acid groups (broad SMARTS) is 1. The van der Waals surface area contributed by atoms with E-state index < -0.39 is 5.97 Å². The summed E-state index contributed by atoms with van der Waals surface area (Å²) in [5.74, 6) is -1.27. The summed E-state index contributed by atoms with van der Waals surface area (Å²) in [5, 5.41) is 9.09. The highest BCUT2D eigenvalue weighted by atomic mass is 16.4. The van der Waals surface area contributed by atoms with E-state index in [2.05, 4.69) is 0 Å². The van der Waals surface area contributed by atoms with E-state index in [0.717, 1.165) is 11.3 Å². The van der Waals surface area contributed by atoms with Crippen molar-refractivity contribution in [2.45, 2.75) is 13.1 Å². The van der Waals surface area contributed by atoms with Gasteiger partial charge in [-0.25, -0.2) is 9.59 Å². The minimum Gasteiger partial charge on any atom is -0.475 e. The van der Waals surface area contributed by atoms with E-state index in [-0.39, 0.29) is 18.3 Å². The molecule has 6 heteroatoms. The van der Waals surface area contributed by atoms with Crippen LogP contribution in [0.3, 0.4) is 0 Å². The predicted molar refractivity (Wildman–Crippen MR) is 75.2 cm³/mol. The van der Waals surface area contributed by atoms with Gasteiger partial charge in [0.25, 0.3) is 0 Å². The van der Waals surface area contributed by atoms with Crippen molar-refractivity contribution in [1.29, 1.82) is 0 Å². The van der Waals surface area contributed by atoms with E-state index in [1.807, 2.05) is 24.3 Å². The maximum absolute atomic E-state index is 12.4. The number of urea groups is 1. The molecule has 1 N–H and O–H groups in total. The zero-order chi connectivity index (χ0) is 15.0. The van der Waals surface area contributed by atoms with Gasteiger partial charge in [0, 0.05) is 19.2 Å². The first-order chi connectivity index (χ1) is 10.1. The Labute approximate surface area is 121 Å². The van der Waals surface area contributed by atoms with Crippen LogP contribution in [0.25, 0.3) is 0 Å². The van der Waals surface area contributed by atoms with E-state index in [9.17, 15) is 9.59 Å². The highest BCUT2D eigenvalue weighted by Crippen LogP contribution is 2.29. The molecule has 0 spiro atoms. The lowest BCUT2D eigenvalue weighted by atomic mass is 10.1. The maximum atomic E-state index is 12.4. The monoisotopic (exact) mass is 286 g/mol. The first-order valence-corrected chi connectivity index (χ1v) is 6.48. The molecule has 2 amide bonds. The second kappa shape index (κ2) is 4.97. The number of hydrogen-bond acceptors (Lipinski definition) is 3. The van der Waals surface area contributed by atoms with Crippen LogP contribution in [0.15, 0.2) is 41.0 Å². The molecule has 0 fully saturated rings. The normalized spacial score (nSPS) is 14.2. The van der Waals surface area contributed by atoms with Crippen LogP contribution in [-0.2, 0) is 13.1 Å². The highest BCUT2D eigenvalue weighted by molar-refractivity contribution is 5.95. The predicted octanol–water partition coefficient (Wildman–Crippen LogP) is 2.55. The fraction of sp³-hybridized carbons (Fsp3) is 0.200. The lowest BCUT2D eigenvalue weighted by Gasteiger charge is -2.35. The number of benzene rings is 1. The zero-order valence-electron chi connectivity index (χ0n) is 11.4. The topological polar surface area (TPSA) is 74.0 Å². The van der Waals surface area contributed by atoms with Crippen LogP contribution < -0.4 is 4.90 Å². The average Bonchev–Trinajstić information content (AvgIpc) is 2.92. The highest BCUT2D eigenvalue weighted by Gasteiger charge is 2.29. The molecule has 1 aromatic carbocycles. The van der Waals surface area contributed by atoms with Gasteiger partial charge >= 0.3 is 12.0 Å². The molecule has 0 aliphatic carbocycles. The van der Waals surface area contributed by atoms with Crippen LogP contribution in [-0.4, -0.2) is 29.1 Å². The lowest BCUT2D eigenvalue weighted by molar-refractivity contribution is 0.0660. The summed E-state index contributed by atoms with van der Waals surface area (Å²) < 4.78 is 4.97. The standard InChI is InChI=1S/C15H14N2O4/c1-16-8-10-4-2-3-5-12(10)17(15(16)20)9-11-6-7-21-13(11)14(18)19/h2-7H,8-9H2,1H3,(H,18,19). The molecule has 2 aromatic rings. The number of hydrogen-bond donors (Lipinski definition) is 1. The summed E-state index contributed by atoms with van der Waals surface area (Å²) >= 11 is 0. The molecule has 21 heavy (non-hydrogen) atoms. The SMILES string of the molecule is CN1Cc2ccccc2N(Cc2ccoc2C(=O)O)C1=O. The molecular formula is C15H14N2O4. The van der Waals surface area contributed by atoms with Crippen molar-refractivity contribution in [1.82, 2.24) is 4.90 Å². The molecule has 1 aliphatic rings. The van der Waals surface area contributed by atoms with Crippen LogP contribution in [0.1, 0.15) is 21.7 Å². The number of furan rings is 1. The number of carbonyl (C=O) groups excluding carboxylic acids is 1. The molecule has 0 atom stereocenters. The number of rotatable bonds is 3. The molecule has 0 bridgehead atoms. The van der Waals surface area contributed by atoms with Gasteiger partial charge in [0.1, 0.15) is 0 Å². The van der Waals surface area contributed by atoms with Gasteiger partial charge in [-0.2, -0.15) is 0 Å². The number of aromatic carboxylic acids is 1. The number of nitrogens with zero attached hydrogens (tertiary/aromatic N) is 2. The number of carboxylic acids is 1. The van der Waals surface area contributed by atoms with Crippen molar-refractivity contribution < 1.29 is 19.1 Å². The Hall–Kier alpha value is -2.76. The van der Waals surface area contributed by atoms with Crippen molar-refractivity contribution in [2.75, 3.05) is 11.9 Å². The van der Waals surface area contributed by atoms with Crippen LogP contribution in [0.2, 0.25) is 0 Å². The summed E-state index contributed by atoms with van der Waals surface area (Å²) in [6.07, 6.45) is 1.32. The van der Waals surface area contributed by atoms with Crippen LogP contribution in [0.5, 0.6) is 0 Å². The number of anilines is 1. The third kappa shape index (κ3) is 2.24. The number of fused-ring (bicyclic) bond motifs is 1. The van der Waals surface area contributed by atoms with Crippen molar-refractivity contribution in [3.05, 3.63) is 53.5 Å². The lowest BCUT2D eigenvalue weighted by Crippen LogP contribution is -2.44.